The van der Waals surface area contributed by atoms with E-state index in [1.54, 1.807) is 0 Å². The predicted molar refractivity (Wildman–Crippen MR) is 25.9 cm³/mol. The van der Waals surface area contributed by atoms with Crippen LogP contribution in [0.5, 0.6) is 0 Å². The maximum atomic E-state index is 9.59. The van der Waals surface area contributed by atoms with Crippen molar-refractivity contribution in [2.45, 2.75) is 0 Å². The highest BCUT2D eigenvalue weighted by molar-refractivity contribution is 5.56. The predicted octanol–water partition coefficient (Wildman–Crippen LogP) is 0.0117. The van der Waals surface area contributed by atoms with Crippen LogP contribution in [-0.4, -0.2) is 24.4 Å². The van der Waals surface area contributed by atoms with Gasteiger partial charge in [0.15, 0.2) is 0 Å². The molecule has 0 spiro atoms. The normalized spacial score (nSPS) is 18.0. The maximum absolute atomic E-state index is 9.59. The molecule has 0 saturated carbocycles. The molecular weight excluding hydrogens is 94.1 g/mol. The molecule has 0 N–H and O–H groups in total. The average molecular weight is 99.1 g/mol. The van der Waals surface area contributed by atoms with Gasteiger partial charge in [-0.05, 0) is 0 Å². The van der Waals surface area contributed by atoms with Crippen molar-refractivity contribution in [3.63, 3.8) is 0 Å². The molecule has 0 amide bonds. The summed E-state index contributed by atoms with van der Waals surface area (Å²) in [5.74, 6) is 0. The van der Waals surface area contributed by atoms with Gasteiger partial charge in [0, 0.05) is 0 Å². The molecule has 4 nitrogen and oxygen atoms in total. The fourth-order valence-corrected chi connectivity index (χ4v) is 0.432. The molecule has 0 aromatic carbocycles. The summed E-state index contributed by atoms with van der Waals surface area (Å²) in [4.78, 5) is 13.3. The largest absolute Gasteiger partial charge is 0.272 e. The molecule has 7 heavy (non-hydrogen) atoms. The summed E-state index contributed by atoms with van der Waals surface area (Å²) >= 11 is 0. The fraction of sp³-hybridized carbons (Fsp3) is 0.667. The molecule has 1 aliphatic rings. The first kappa shape index (κ1) is 4.23. The van der Waals surface area contributed by atoms with Crippen molar-refractivity contribution >= 4 is 6.34 Å². The minimum Gasteiger partial charge on any atom is -0.272 e. The second kappa shape index (κ2) is 1.68. The van der Waals surface area contributed by atoms with Gasteiger partial charge in [0.1, 0.15) is 6.34 Å². The molecule has 0 fully saturated rings. The highest BCUT2D eigenvalue weighted by atomic mass is 16.3. The van der Waals surface area contributed by atoms with Gasteiger partial charge in [0.25, 0.3) is 0 Å². The molecule has 0 radical (unpaired) electrons. The van der Waals surface area contributed by atoms with Crippen LogP contribution in [0, 0.1) is 4.91 Å². The molecule has 0 aromatic heterocycles. The molecule has 0 aromatic rings. The minimum atomic E-state index is 0.642. The van der Waals surface area contributed by atoms with Crippen LogP contribution < -0.4 is 0 Å². The van der Waals surface area contributed by atoms with Gasteiger partial charge in [-0.3, -0.25) is 4.99 Å². The van der Waals surface area contributed by atoms with Gasteiger partial charge in [-0.1, -0.05) is 0 Å². The van der Waals surface area contributed by atoms with Crippen molar-refractivity contribution in [2.75, 3.05) is 13.1 Å². The Morgan fingerprint density at radius 1 is 1.86 bits per heavy atom. The number of rotatable bonds is 1. The van der Waals surface area contributed by atoms with E-state index in [4.69, 9.17) is 0 Å². The molecule has 0 saturated heterocycles. The molecule has 0 bridgehead atoms. The van der Waals surface area contributed by atoms with E-state index in [0.717, 1.165) is 0 Å². The van der Waals surface area contributed by atoms with Crippen molar-refractivity contribution in [3.05, 3.63) is 4.91 Å². The Balaban J connectivity index is 2.42. The van der Waals surface area contributed by atoms with Crippen LogP contribution in [0.4, 0.5) is 0 Å². The minimum absolute atomic E-state index is 0.642. The van der Waals surface area contributed by atoms with Crippen LogP contribution in [0.15, 0.2) is 10.3 Å². The van der Waals surface area contributed by atoms with Crippen LogP contribution in [-0.2, 0) is 0 Å². The van der Waals surface area contributed by atoms with Crippen LogP contribution >= 0.6 is 0 Å². The van der Waals surface area contributed by atoms with Crippen molar-refractivity contribution < 1.29 is 0 Å². The van der Waals surface area contributed by atoms with E-state index in [1.807, 2.05) is 0 Å². The van der Waals surface area contributed by atoms with Gasteiger partial charge in [0.2, 0.25) is 0 Å². The lowest BCUT2D eigenvalue weighted by atomic mass is 10.7. The van der Waals surface area contributed by atoms with Gasteiger partial charge in [-0.25, -0.2) is 5.01 Å². The van der Waals surface area contributed by atoms with Gasteiger partial charge in [-0.2, -0.15) is 0 Å². The first-order chi connectivity index (χ1) is 3.43. The molecule has 0 atom stereocenters. The van der Waals surface area contributed by atoms with Gasteiger partial charge in [-0.15, -0.1) is 4.91 Å². The zero-order valence-corrected chi connectivity index (χ0v) is 3.74. The lowest BCUT2D eigenvalue weighted by Crippen LogP contribution is -2.09. The molecular formula is C3H5N3O. The summed E-state index contributed by atoms with van der Waals surface area (Å²) in [5, 5.41) is 3.89. The molecule has 1 rings (SSSR count). The zero-order valence-electron chi connectivity index (χ0n) is 3.74. The Bertz CT molecular complexity index is 100. The molecule has 1 heterocycles. The van der Waals surface area contributed by atoms with Gasteiger partial charge < -0.3 is 0 Å². The maximum Gasteiger partial charge on any atom is 0.109 e. The highest BCUT2D eigenvalue weighted by Crippen LogP contribution is 1.90. The van der Waals surface area contributed by atoms with E-state index in [0.29, 0.717) is 13.1 Å². The number of hydrogen-bond acceptors (Lipinski definition) is 3. The third-order valence-corrected chi connectivity index (χ3v) is 0.778. The summed E-state index contributed by atoms with van der Waals surface area (Å²) in [5.41, 5.74) is 0. The van der Waals surface area contributed by atoms with E-state index >= 15 is 0 Å². The van der Waals surface area contributed by atoms with Crippen molar-refractivity contribution in [2.24, 2.45) is 10.3 Å². The Morgan fingerprint density at radius 2 is 2.71 bits per heavy atom. The Kier molecular flexibility index (Phi) is 1.02. The standard InChI is InChI=1S/C3H5N3O/c7-5-6-2-1-4-3-6/h3H,1-2H2. The van der Waals surface area contributed by atoms with Crippen molar-refractivity contribution in [3.8, 4) is 0 Å². The first-order valence-corrected chi connectivity index (χ1v) is 2.03. The van der Waals surface area contributed by atoms with Crippen LogP contribution in [0.2, 0.25) is 0 Å². The summed E-state index contributed by atoms with van der Waals surface area (Å²) in [6.45, 7) is 1.34. The lowest BCUT2D eigenvalue weighted by Gasteiger charge is -1.94. The molecule has 38 valence electrons. The average Bonchev–Trinajstić information content (AvgIpc) is 2.14. The summed E-state index contributed by atoms with van der Waals surface area (Å²) in [6, 6.07) is 0. The molecule has 4 heteroatoms. The first-order valence-electron chi connectivity index (χ1n) is 2.03. The van der Waals surface area contributed by atoms with E-state index < -0.39 is 0 Å². The second-order valence-electron chi connectivity index (χ2n) is 1.27. The Labute approximate surface area is 40.8 Å². The second-order valence-corrected chi connectivity index (χ2v) is 1.27. The van der Waals surface area contributed by atoms with Crippen molar-refractivity contribution in [1.82, 2.24) is 5.01 Å². The molecule has 0 aliphatic carbocycles. The third kappa shape index (κ3) is 0.734. The van der Waals surface area contributed by atoms with E-state index in [9.17, 15) is 4.91 Å². The number of hydrogen-bond donors (Lipinski definition) is 0. The third-order valence-electron chi connectivity index (χ3n) is 0.778. The van der Waals surface area contributed by atoms with E-state index in [-0.39, 0.29) is 0 Å². The monoisotopic (exact) mass is 99.0 g/mol. The fourth-order valence-electron chi connectivity index (χ4n) is 0.432. The SMILES string of the molecule is O=NN1C=NCC1. The zero-order chi connectivity index (χ0) is 5.11. The number of nitrogens with zero attached hydrogens (tertiary/aromatic N) is 3. The van der Waals surface area contributed by atoms with E-state index in [2.05, 4.69) is 10.3 Å². The van der Waals surface area contributed by atoms with Crippen molar-refractivity contribution in [1.29, 1.82) is 0 Å². The lowest BCUT2D eigenvalue weighted by molar-refractivity contribution is 0.494. The summed E-state index contributed by atoms with van der Waals surface area (Å²) < 4.78 is 0. The Morgan fingerprint density at radius 3 is 3.00 bits per heavy atom. The Hall–Kier alpha value is -0.930. The molecule has 0 unspecified atom stereocenters. The summed E-state index contributed by atoms with van der Waals surface area (Å²) in [7, 11) is 0. The van der Waals surface area contributed by atoms with Crippen LogP contribution in [0.1, 0.15) is 0 Å². The van der Waals surface area contributed by atoms with E-state index in [1.165, 1.54) is 11.3 Å². The molecule has 1 aliphatic heterocycles. The smallest absolute Gasteiger partial charge is 0.109 e. The van der Waals surface area contributed by atoms with Crippen LogP contribution in [0.25, 0.3) is 0 Å². The van der Waals surface area contributed by atoms with Gasteiger partial charge in [0.05, 0.1) is 18.4 Å². The summed E-state index contributed by atoms with van der Waals surface area (Å²) in [6.07, 6.45) is 1.44. The van der Waals surface area contributed by atoms with Crippen LogP contribution in [0.3, 0.4) is 0 Å². The number of nitroso groups, excluding NO2 is 1. The highest BCUT2D eigenvalue weighted by Gasteiger charge is 2.01. The quantitative estimate of drug-likeness (QED) is 0.435. The topological polar surface area (TPSA) is 45.0 Å². The van der Waals surface area contributed by atoms with Gasteiger partial charge >= 0.3 is 0 Å². The number of aliphatic imine (C=N–C) groups is 1.